The molecule has 0 aromatic heterocycles. The zero-order valence-electron chi connectivity index (χ0n) is 7.92. The summed E-state index contributed by atoms with van der Waals surface area (Å²) in [5.41, 5.74) is 0. The molecule has 0 radical (unpaired) electrons. The first-order valence-electron chi connectivity index (χ1n) is 4.51. The molecule has 4 unspecified atom stereocenters. The van der Waals surface area contributed by atoms with Crippen LogP contribution in [0.1, 0.15) is 34.1 Å². The van der Waals surface area contributed by atoms with E-state index in [1.165, 1.54) is 0 Å². The fourth-order valence-corrected chi connectivity index (χ4v) is 1.69. The molecule has 0 amide bonds. The van der Waals surface area contributed by atoms with Crippen molar-refractivity contribution < 1.29 is 4.74 Å². The zero-order valence-corrected chi connectivity index (χ0v) is 7.92. The van der Waals surface area contributed by atoms with Crippen LogP contribution in [0.3, 0.4) is 0 Å². The molecule has 1 aliphatic rings. The molecular weight excluding hydrogens is 138 g/mol. The van der Waals surface area contributed by atoms with E-state index in [1.807, 2.05) is 0 Å². The molecule has 1 aliphatic heterocycles. The molecule has 2 nitrogen and oxygen atoms in total. The Bertz CT molecular complexity index is 113. The third kappa shape index (κ3) is 2.46. The molecule has 1 rings (SSSR count). The molecule has 66 valence electrons. The van der Waals surface area contributed by atoms with Crippen LogP contribution in [-0.2, 0) is 4.74 Å². The minimum atomic E-state index is 0.343. The second-order valence-electron chi connectivity index (χ2n) is 3.74. The van der Waals surface area contributed by atoms with Crippen LogP contribution in [0.5, 0.6) is 0 Å². The monoisotopic (exact) mass is 157 g/mol. The van der Waals surface area contributed by atoms with Gasteiger partial charge in [0.1, 0.15) is 0 Å². The van der Waals surface area contributed by atoms with Gasteiger partial charge in [0.2, 0.25) is 0 Å². The number of rotatable bonds is 0. The molecule has 1 N–H and O–H groups in total. The van der Waals surface area contributed by atoms with Crippen molar-refractivity contribution in [3.8, 4) is 0 Å². The van der Waals surface area contributed by atoms with E-state index in [-0.39, 0.29) is 0 Å². The van der Waals surface area contributed by atoms with Crippen LogP contribution in [0.2, 0.25) is 0 Å². The minimum absolute atomic E-state index is 0.343. The summed E-state index contributed by atoms with van der Waals surface area (Å²) in [4.78, 5) is 0. The van der Waals surface area contributed by atoms with Gasteiger partial charge in [0.05, 0.1) is 12.2 Å². The molecule has 0 bridgehead atoms. The Morgan fingerprint density at radius 1 is 1.18 bits per heavy atom. The first kappa shape index (κ1) is 9.01. The molecule has 2 heteroatoms. The third-order valence-electron chi connectivity index (χ3n) is 2.38. The topological polar surface area (TPSA) is 21.3 Å². The lowest BCUT2D eigenvalue weighted by Crippen LogP contribution is -2.38. The van der Waals surface area contributed by atoms with E-state index in [2.05, 4.69) is 33.0 Å². The Balaban J connectivity index is 2.51. The number of hydrogen-bond acceptors (Lipinski definition) is 2. The molecule has 1 fully saturated rings. The maximum Gasteiger partial charge on any atom is 0.0700 e. The predicted octanol–water partition coefficient (Wildman–Crippen LogP) is 1.55. The summed E-state index contributed by atoms with van der Waals surface area (Å²) in [6.45, 7) is 8.67. The molecule has 1 saturated heterocycles. The van der Waals surface area contributed by atoms with Gasteiger partial charge in [-0.2, -0.15) is 0 Å². The molecule has 4 atom stereocenters. The van der Waals surface area contributed by atoms with Gasteiger partial charge in [-0.25, -0.2) is 0 Å². The van der Waals surface area contributed by atoms with E-state index in [0.717, 1.165) is 6.42 Å². The van der Waals surface area contributed by atoms with Gasteiger partial charge in [-0.15, -0.1) is 0 Å². The minimum Gasteiger partial charge on any atom is -0.374 e. The lowest BCUT2D eigenvalue weighted by atomic mass is 10.1. The number of hydrogen-bond donors (Lipinski definition) is 1. The van der Waals surface area contributed by atoms with Gasteiger partial charge in [-0.05, 0) is 34.1 Å². The second-order valence-corrected chi connectivity index (χ2v) is 3.74. The summed E-state index contributed by atoms with van der Waals surface area (Å²) < 4.78 is 5.73. The molecule has 0 aromatic rings. The Morgan fingerprint density at radius 2 is 1.82 bits per heavy atom. The van der Waals surface area contributed by atoms with E-state index >= 15 is 0 Å². The molecular formula is C9H19NO. The fraction of sp³-hybridized carbons (Fsp3) is 1.00. The predicted molar refractivity (Wildman–Crippen MR) is 46.7 cm³/mol. The van der Waals surface area contributed by atoms with Crippen LogP contribution in [0.15, 0.2) is 0 Å². The van der Waals surface area contributed by atoms with Crippen molar-refractivity contribution in [3.05, 3.63) is 0 Å². The maximum atomic E-state index is 5.73. The van der Waals surface area contributed by atoms with E-state index in [9.17, 15) is 0 Å². The van der Waals surface area contributed by atoms with Crippen LogP contribution in [-0.4, -0.2) is 24.3 Å². The van der Waals surface area contributed by atoms with Crippen molar-refractivity contribution in [1.29, 1.82) is 0 Å². The van der Waals surface area contributed by atoms with E-state index in [0.29, 0.717) is 24.3 Å². The SMILES string of the molecule is CC1CC(C)OC(C)C(C)N1. The summed E-state index contributed by atoms with van der Waals surface area (Å²) in [6, 6.07) is 1.07. The Hall–Kier alpha value is -0.0800. The average Bonchev–Trinajstić information content (AvgIpc) is 1.93. The van der Waals surface area contributed by atoms with Crippen molar-refractivity contribution >= 4 is 0 Å². The van der Waals surface area contributed by atoms with Crippen LogP contribution in [0.25, 0.3) is 0 Å². The van der Waals surface area contributed by atoms with Gasteiger partial charge in [0, 0.05) is 12.1 Å². The number of ether oxygens (including phenoxy) is 1. The first-order chi connectivity index (χ1) is 5.09. The van der Waals surface area contributed by atoms with Crippen molar-refractivity contribution in [2.24, 2.45) is 0 Å². The smallest absolute Gasteiger partial charge is 0.0700 e. The largest absolute Gasteiger partial charge is 0.374 e. The molecule has 0 aliphatic carbocycles. The lowest BCUT2D eigenvalue weighted by molar-refractivity contribution is 0.00483. The Morgan fingerprint density at radius 3 is 2.45 bits per heavy atom. The normalized spacial score (nSPS) is 46.9. The van der Waals surface area contributed by atoms with Crippen LogP contribution in [0, 0.1) is 0 Å². The Kier molecular flexibility index (Phi) is 2.90. The first-order valence-corrected chi connectivity index (χ1v) is 4.51. The fourth-order valence-electron chi connectivity index (χ4n) is 1.69. The van der Waals surface area contributed by atoms with E-state index in [4.69, 9.17) is 4.74 Å². The highest BCUT2D eigenvalue weighted by Gasteiger charge is 2.22. The van der Waals surface area contributed by atoms with Gasteiger partial charge in [-0.1, -0.05) is 0 Å². The molecule has 0 aromatic carbocycles. The summed E-state index contributed by atoms with van der Waals surface area (Å²) in [5, 5.41) is 3.50. The van der Waals surface area contributed by atoms with Gasteiger partial charge in [0.15, 0.2) is 0 Å². The molecule has 11 heavy (non-hydrogen) atoms. The summed E-state index contributed by atoms with van der Waals surface area (Å²) in [6.07, 6.45) is 1.86. The van der Waals surface area contributed by atoms with Crippen molar-refractivity contribution in [3.63, 3.8) is 0 Å². The lowest BCUT2D eigenvalue weighted by Gasteiger charge is -2.19. The van der Waals surface area contributed by atoms with Gasteiger partial charge in [0.25, 0.3) is 0 Å². The van der Waals surface area contributed by atoms with Crippen LogP contribution >= 0.6 is 0 Å². The standard InChI is InChI=1S/C9H19NO/c1-6-5-7(2)11-9(4)8(3)10-6/h6-10H,5H2,1-4H3. The van der Waals surface area contributed by atoms with Crippen LogP contribution in [0.4, 0.5) is 0 Å². The second kappa shape index (κ2) is 3.55. The van der Waals surface area contributed by atoms with E-state index < -0.39 is 0 Å². The van der Waals surface area contributed by atoms with Gasteiger partial charge >= 0.3 is 0 Å². The zero-order chi connectivity index (χ0) is 8.43. The third-order valence-corrected chi connectivity index (χ3v) is 2.38. The van der Waals surface area contributed by atoms with Crippen molar-refractivity contribution in [2.45, 2.75) is 58.4 Å². The van der Waals surface area contributed by atoms with Crippen molar-refractivity contribution in [1.82, 2.24) is 5.32 Å². The molecule has 1 heterocycles. The highest BCUT2D eigenvalue weighted by Crippen LogP contribution is 2.13. The highest BCUT2D eigenvalue weighted by atomic mass is 16.5. The Labute approximate surface area is 69.3 Å². The van der Waals surface area contributed by atoms with Crippen LogP contribution < -0.4 is 5.32 Å². The average molecular weight is 157 g/mol. The number of nitrogens with one attached hydrogen (secondary N) is 1. The summed E-state index contributed by atoms with van der Waals surface area (Å²) in [7, 11) is 0. The summed E-state index contributed by atoms with van der Waals surface area (Å²) >= 11 is 0. The molecule has 0 spiro atoms. The highest BCUT2D eigenvalue weighted by molar-refractivity contribution is 4.79. The quantitative estimate of drug-likeness (QED) is 0.576. The van der Waals surface area contributed by atoms with E-state index in [1.54, 1.807) is 0 Å². The van der Waals surface area contributed by atoms with Gasteiger partial charge in [-0.3, -0.25) is 0 Å². The van der Waals surface area contributed by atoms with Gasteiger partial charge < -0.3 is 10.1 Å². The molecule has 0 saturated carbocycles. The van der Waals surface area contributed by atoms with Crippen molar-refractivity contribution in [2.75, 3.05) is 0 Å². The maximum absolute atomic E-state index is 5.73. The summed E-state index contributed by atoms with van der Waals surface area (Å²) in [5.74, 6) is 0.